The van der Waals surface area contributed by atoms with E-state index >= 15 is 0 Å². The Morgan fingerprint density at radius 3 is 2.35 bits per heavy atom. The number of alkyl halides is 3. The summed E-state index contributed by atoms with van der Waals surface area (Å²) in [5.41, 5.74) is -0.631. The zero-order valence-electron chi connectivity index (χ0n) is 10.9. The summed E-state index contributed by atoms with van der Waals surface area (Å²) >= 11 is 0. The largest absolute Gasteiger partial charge is 0.416 e. The summed E-state index contributed by atoms with van der Waals surface area (Å²) in [7, 11) is -1.21. The van der Waals surface area contributed by atoms with Gasteiger partial charge in [-0.05, 0) is 11.6 Å². The van der Waals surface area contributed by atoms with Crippen molar-refractivity contribution in [3.05, 3.63) is 35.4 Å². The van der Waals surface area contributed by atoms with E-state index in [9.17, 15) is 22.5 Å². The van der Waals surface area contributed by atoms with E-state index in [1.165, 1.54) is 12.1 Å². The summed E-state index contributed by atoms with van der Waals surface area (Å²) in [6.07, 6.45) is -5.20. The van der Waals surface area contributed by atoms with E-state index in [2.05, 4.69) is 9.05 Å². The number of benzene rings is 1. The summed E-state index contributed by atoms with van der Waals surface area (Å²) in [5.74, 6) is -0.517. The maximum Gasteiger partial charge on any atom is 0.416 e. The quantitative estimate of drug-likeness (QED) is 0.757. The number of halogens is 3. The molecule has 0 atom stereocenters. The van der Waals surface area contributed by atoms with Gasteiger partial charge in [0.1, 0.15) is 11.9 Å². The third-order valence-electron chi connectivity index (χ3n) is 2.58. The lowest BCUT2D eigenvalue weighted by Gasteiger charge is -2.13. The standard InChI is InChI=1S/C12H14F3O4P/c1-18-20(17,19-2)8-11(16)7-9-4-3-5-10(6-9)12(13,14)15/h3-6H,7-8H2,1-2H3. The van der Waals surface area contributed by atoms with Crippen LogP contribution in [0.4, 0.5) is 13.2 Å². The van der Waals surface area contributed by atoms with Crippen LogP contribution in [0.5, 0.6) is 0 Å². The zero-order chi connectivity index (χ0) is 15.4. The van der Waals surface area contributed by atoms with Gasteiger partial charge in [0.25, 0.3) is 0 Å². The van der Waals surface area contributed by atoms with Crippen molar-refractivity contribution in [2.45, 2.75) is 12.6 Å². The van der Waals surface area contributed by atoms with Crippen LogP contribution in [-0.4, -0.2) is 26.2 Å². The van der Waals surface area contributed by atoms with Gasteiger partial charge in [-0.25, -0.2) is 0 Å². The molecular formula is C12H14F3O4P. The lowest BCUT2D eigenvalue weighted by atomic mass is 10.1. The van der Waals surface area contributed by atoms with Crippen molar-refractivity contribution in [3.8, 4) is 0 Å². The minimum absolute atomic E-state index is 0.198. The van der Waals surface area contributed by atoms with Crippen LogP contribution in [0, 0.1) is 0 Å². The van der Waals surface area contributed by atoms with Gasteiger partial charge in [0, 0.05) is 20.6 Å². The summed E-state index contributed by atoms with van der Waals surface area (Å²) in [6.45, 7) is 0. The lowest BCUT2D eigenvalue weighted by Crippen LogP contribution is -2.12. The van der Waals surface area contributed by atoms with E-state index in [0.717, 1.165) is 26.4 Å². The number of carbonyl (C=O) groups excluding carboxylic acids is 1. The van der Waals surface area contributed by atoms with Gasteiger partial charge in [0.15, 0.2) is 0 Å². The molecule has 0 aliphatic rings. The van der Waals surface area contributed by atoms with E-state index in [1.807, 2.05) is 0 Å². The molecule has 4 nitrogen and oxygen atoms in total. The fraction of sp³-hybridized carbons (Fsp3) is 0.417. The van der Waals surface area contributed by atoms with E-state index < -0.39 is 31.3 Å². The van der Waals surface area contributed by atoms with Crippen LogP contribution in [0.15, 0.2) is 24.3 Å². The molecule has 0 N–H and O–H groups in total. The first kappa shape index (κ1) is 16.9. The fourth-order valence-corrected chi connectivity index (χ4v) is 2.51. The highest BCUT2D eigenvalue weighted by atomic mass is 31.2. The maximum atomic E-state index is 12.5. The van der Waals surface area contributed by atoms with Crippen LogP contribution in [0.2, 0.25) is 0 Å². The summed E-state index contributed by atoms with van der Waals surface area (Å²) in [4.78, 5) is 11.7. The highest BCUT2D eigenvalue weighted by Crippen LogP contribution is 2.46. The van der Waals surface area contributed by atoms with Gasteiger partial charge in [-0.1, -0.05) is 18.2 Å². The number of hydrogen-bond acceptors (Lipinski definition) is 4. The van der Waals surface area contributed by atoms with Gasteiger partial charge >= 0.3 is 13.8 Å². The van der Waals surface area contributed by atoms with Crippen LogP contribution >= 0.6 is 7.60 Å². The Kier molecular flexibility index (Phi) is 5.50. The second kappa shape index (κ2) is 6.52. The molecule has 0 saturated heterocycles. The molecule has 0 heterocycles. The Bertz CT molecular complexity index is 520. The van der Waals surface area contributed by atoms with Crippen LogP contribution in [0.1, 0.15) is 11.1 Å². The minimum atomic E-state index is -4.46. The van der Waals surface area contributed by atoms with E-state index in [4.69, 9.17) is 0 Å². The molecule has 8 heteroatoms. The molecule has 0 fully saturated rings. The highest BCUT2D eigenvalue weighted by molar-refractivity contribution is 7.54. The Balaban J connectivity index is 2.79. The van der Waals surface area contributed by atoms with Gasteiger partial charge in [0.05, 0.1) is 5.56 Å². The average molecular weight is 310 g/mol. The van der Waals surface area contributed by atoms with E-state index in [-0.39, 0.29) is 12.0 Å². The molecule has 0 spiro atoms. The van der Waals surface area contributed by atoms with E-state index in [0.29, 0.717) is 0 Å². The third kappa shape index (κ3) is 4.74. The van der Waals surface area contributed by atoms with Crippen molar-refractivity contribution in [3.63, 3.8) is 0 Å². The molecular weight excluding hydrogens is 296 g/mol. The number of rotatable bonds is 6. The molecule has 1 aromatic carbocycles. The van der Waals surface area contributed by atoms with Crippen molar-refractivity contribution < 1.29 is 31.6 Å². The zero-order valence-corrected chi connectivity index (χ0v) is 11.8. The van der Waals surface area contributed by atoms with Crippen LogP contribution < -0.4 is 0 Å². The molecule has 1 rings (SSSR count). The molecule has 0 saturated carbocycles. The summed E-state index contributed by atoms with van der Waals surface area (Å²) < 4.78 is 58.5. The molecule has 0 radical (unpaired) electrons. The molecule has 0 bridgehead atoms. The van der Waals surface area contributed by atoms with Crippen LogP contribution in [0.3, 0.4) is 0 Å². The van der Waals surface area contributed by atoms with Crippen LogP contribution in [0.25, 0.3) is 0 Å². The molecule has 112 valence electrons. The molecule has 0 aliphatic carbocycles. The second-order valence-corrected chi connectivity index (χ2v) is 6.32. The number of hydrogen-bond donors (Lipinski definition) is 0. The Hall–Kier alpha value is -1.17. The SMILES string of the molecule is COP(=O)(CC(=O)Cc1cccc(C(F)(F)F)c1)OC. The first-order valence-electron chi connectivity index (χ1n) is 5.58. The van der Waals surface area contributed by atoms with Crippen LogP contribution in [-0.2, 0) is 31.0 Å². The molecule has 0 unspecified atom stereocenters. The molecule has 0 aliphatic heterocycles. The highest BCUT2D eigenvalue weighted by Gasteiger charge is 2.31. The van der Waals surface area contributed by atoms with Gasteiger partial charge in [-0.15, -0.1) is 0 Å². The molecule has 1 aromatic rings. The third-order valence-corrected chi connectivity index (χ3v) is 4.43. The Morgan fingerprint density at radius 1 is 1.25 bits per heavy atom. The van der Waals surface area contributed by atoms with Gasteiger partial charge < -0.3 is 9.05 Å². The number of carbonyl (C=O) groups is 1. The first-order valence-corrected chi connectivity index (χ1v) is 7.31. The van der Waals surface area contributed by atoms with E-state index in [1.54, 1.807) is 0 Å². The topological polar surface area (TPSA) is 52.6 Å². The monoisotopic (exact) mass is 310 g/mol. The lowest BCUT2D eigenvalue weighted by molar-refractivity contribution is -0.137. The van der Waals surface area contributed by atoms with Crippen molar-refractivity contribution in [1.29, 1.82) is 0 Å². The van der Waals surface area contributed by atoms with Gasteiger partial charge in [0.2, 0.25) is 0 Å². The van der Waals surface area contributed by atoms with Crippen molar-refractivity contribution in [2.75, 3.05) is 20.4 Å². The smallest absolute Gasteiger partial charge is 0.312 e. The summed E-state index contributed by atoms with van der Waals surface area (Å²) in [5, 5.41) is 0. The average Bonchev–Trinajstić information content (AvgIpc) is 2.37. The Morgan fingerprint density at radius 2 is 1.85 bits per heavy atom. The molecule has 0 amide bonds. The molecule has 0 aromatic heterocycles. The first-order chi connectivity index (χ1) is 9.20. The predicted molar refractivity (Wildman–Crippen MR) is 66.6 cm³/mol. The predicted octanol–water partition coefficient (Wildman–Crippen LogP) is 3.30. The van der Waals surface area contributed by atoms with Crippen molar-refractivity contribution in [1.82, 2.24) is 0 Å². The van der Waals surface area contributed by atoms with Crippen molar-refractivity contribution in [2.24, 2.45) is 0 Å². The summed E-state index contributed by atoms with van der Waals surface area (Å²) in [6, 6.07) is 4.43. The minimum Gasteiger partial charge on any atom is -0.312 e. The second-order valence-electron chi connectivity index (χ2n) is 4.05. The van der Waals surface area contributed by atoms with Gasteiger partial charge in [-0.3, -0.25) is 9.36 Å². The normalized spacial score (nSPS) is 12.4. The van der Waals surface area contributed by atoms with Crippen molar-refractivity contribution >= 4 is 13.4 Å². The van der Waals surface area contributed by atoms with Gasteiger partial charge in [-0.2, -0.15) is 13.2 Å². The molecule has 20 heavy (non-hydrogen) atoms. The number of ketones is 1. The fourth-order valence-electron chi connectivity index (χ4n) is 1.56. The maximum absolute atomic E-state index is 12.5. The number of Topliss-reactive ketones (excluding diaryl/α,β-unsaturated/α-hetero) is 1. The Labute approximate surface area is 114 Å².